The number of H-pyrrole nitrogens is 2. The van der Waals surface area contributed by atoms with Crippen LogP contribution in [0.2, 0.25) is 0 Å². The number of nitrogens with one attached hydrogen (secondary N) is 3. The molecule has 0 saturated carbocycles. The molecular formula is C15H15N5O6. The van der Waals surface area contributed by atoms with E-state index >= 15 is 0 Å². The van der Waals surface area contributed by atoms with E-state index in [1.807, 2.05) is 4.98 Å². The van der Waals surface area contributed by atoms with Crippen LogP contribution in [0, 0.1) is 17.0 Å². The lowest BCUT2D eigenvalue weighted by molar-refractivity contribution is -0.385. The number of hydrogen-bond acceptors (Lipinski definition) is 7. The average molecular weight is 361 g/mol. The van der Waals surface area contributed by atoms with E-state index in [1.54, 1.807) is 0 Å². The molecule has 0 bridgehead atoms. The second-order valence-corrected chi connectivity index (χ2v) is 5.17. The number of carbonyl (C=O) groups excluding carboxylic acids is 1. The number of methoxy groups -OCH3 is 1. The number of hydrogen-bond donors (Lipinski definition) is 3. The molecule has 0 atom stereocenters. The number of benzene rings is 1. The van der Waals surface area contributed by atoms with Crippen molar-refractivity contribution in [2.24, 2.45) is 5.10 Å². The fraction of sp³-hybridized carbons (Fsp3) is 0.200. The van der Waals surface area contributed by atoms with Crippen LogP contribution in [0.1, 0.15) is 16.8 Å². The number of nitro groups is 1. The minimum absolute atomic E-state index is 0.101. The Hall–Kier alpha value is -3.76. The van der Waals surface area contributed by atoms with Crippen LogP contribution < -0.4 is 21.4 Å². The van der Waals surface area contributed by atoms with Gasteiger partial charge < -0.3 is 9.72 Å². The lowest BCUT2D eigenvalue weighted by Crippen LogP contribution is -2.30. The Morgan fingerprint density at radius 1 is 1.38 bits per heavy atom. The Morgan fingerprint density at radius 3 is 2.73 bits per heavy atom. The van der Waals surface area contributed by atoms with Gasteiger partial charge in [-0.25, -0.2) is 10.2 Å². The molecular weight excluding hydrogens is 346 g/mol. The van der Waals surface area contributed by atoms with Gasteiger partial charge in [-0.1, -0.05) is 0 Å². The number of nitro benzene ring substituents is 1. The van der Waals surface area contributed by atoms with E-state index in [2.05, 4.69) is 15.5 Å². The number of hydrazone groups is 1. The van der Waals surface area contributed by atoms with Gasteiger partial charge in [-0.3, -0.25) is 24.7 Å². The van der Waals surface area contributed by atoms with Crippen LogP contribution in [0.4, 0.5) is 5.69 Å². The number of carbonyl (C=O) groups is 1. The van der Waals surface area contributed by atoms with Gasteiger partial charge in [0.15, 0.2) is 5.75 Å². The normalized spacial score (nSPS) is 10.7. The van der Waals surface area contributed by atoms with E-state index < -0.39 is 22.1 Å². The molecule has 11 heteroatoms. The highest BCUT2D eigenvalue weighted by atomic mass is 16.6. The molecule has 1 heterocycles. The van der Waals surface area contributed by atoms with Crippen molar-refractivity contribution in [2.75, 3.05) is 7.11 Å². The fourth-order valence-corrected chi connectivity index (χ4v) is 2.15. The van der Waals surface area contributed by atoms with Crippen molar-refractivity contribution in [1.82, 2.24) is 15.4 Å². The second-order valence-electron chi connectivity index (χ2n) is 5.17. The fourth-order valence-electron chi connectivity index (χ4n) is 2.15. The highest BCUT2D eigenvalue weighted by Gasteiger charge is 2.14. The molecule has 0 spiro atoms. The van der Waals surface area contributed by atoms with E-state index in [0.717, 1.165) is 0 Å². The van der Waals surface area contributed by atoms with Gasteiger partial charge in [-0.2, -0.15) is 5.10 Å². The predicted molar refractivity (Wildman–Crippen MR) is 91.5 cm³/mol. The summed E-state index contributed by atoms with van der Waals surface area (Å²) in [6.45, 7) is 1.50. The van der Waals surface area contributed by atoms with Gasteiger partial charge in [0, 0.05) is 22.9 Å². The number of aromatic nitrogens is 2. The lowest BCUT2D eigenvalue weighted by Gasteiger charge is -2.03. The third kappa shape index (κ3) is 4.41. The smallest absolute Gasteiger partial charge is 0.325 e. The first-order chi connectivity index (χ1) is 12.3. The zero-order valence-corrected chi connectivity index (χ0v) is 13.9. The van der Waals surface area contributed by atoms with Crippen molar-refractivity contribution in [2.45, 2.75) is 13.3 Å². The maximum absolute atomic E-state index is 11.9. The van der Waals surface area contributed by atoms with Gasteiger partial charge in [-0.05, 0) is 19.1 Å². The van der Waals surface area contributed by atoms with Gasteiger partial charge in [0.1, 0.15) is 0 Å². The van der Waals surface area contributed by atoms with Crippen LogP contribution in [-0.4, -0.2) is 34.1 Å². The summed E-state index contributed by atoms with van der Waals surface area (Å²) in [6.07, 6.45) is 0.923. The topological polar surface area (TPSA) is 160 Å². The molecule has 0 aliphatic rings. The SMILES string of the molecule is COc1ccc(/C=N\NC(=O)Cc2c(C)[nH]c(=O)[nH]c2=O)cc1[N+](=O)[O-]. The molecule has 1 aromatic heterocycles. The molecule has 3 N–H and O–H groups in total. The summed E-state index contributed by atoms with van der Waals surface area (Å²) >= 11 is 0. The minimum Gasteiger partial charge on any atom is -0.490 e. The first kappa shape index (κ1) is 18.6. The van der Waals surface area contributed by atoms with Crippen molar-refractivity contribution >= 4 is 17.8 Å². The third-order valence-electron chi connectivity index (χ3n) is 3.39. The van der Waals surface area contributed by atoms with Crippen LogP contribution >= 0.6 is 0 Å². The maximum Gasteiger partial charge on any atom is 0.325 e. The number of amides is 1. The maximum atomic E-state index is 11.9. The Labute approximate surface area is 145 Å². The Bertz CT molecular complexity index is 991. The molecule has 1 aromatic carbocycles. The van der Waals surface area contributed by atoms with Gasteiger partial charge >= 0.3 is 11.4 Å². The van der Waals surface area contributed by atoms with E-state index in [9.17, 15) is 24.5 Å². The number of rotatable bonds is 6. The molecule has 26 heavy (non-hydrogen) atoms. The lowest BCUT2D eigenvalue weighted by atomic mass is 10.1. The zero-order valence-electron chi connectivity index (χ0n) is 13.9. The Balaban J connectivity index is 2.08. The van der Waals surface area contributed by atoms with Crippen LogP contribution in [0.15, 0.2) is 32.9 Å². The number of aryl methyl sites for hydroxylation is 1. The van der Waals surface area contributed by atoms with Crippen molar-refractivity contribution in [1.29, 1.82) is 0 Å². The largest absolute Gasteiger partial charge is 0.490 e. The quantitative estimate of drug-likeness (QED) is 0.372. The van der Waals surface area contributed by atoms with Gasteiger partial charge in [0.05, 0.1) is 24.7 Å². The number of ether oxygens (including phenoxy) is 1. The van der Waals surface area contributed by atoms with Crippen LogP contribution in [0.3, 0.4) is 0 Å². The summed E-state index contributed by atoms with van der Waals surface area (Å²) in [5, 5.41) is 14.7. The van der Waals surface area contributed by atoms with E-state index in [1.165, 1.54) is 38.4 Å². The van der Waals surface area contributed by atoms with Crippen LogP contribution in [0.5, 0.6) is 5.75 Å². The summed E-state index contributed by atoms with van der Waals surface area (Å²) in [4.78, 5) is 49.4. The summed E-state index contributed by atoms with van der Waals surface area (Å²) in [7, 11) is 1.32. The number of aromatic amines is 2. The third-order valence-corrected chi connectivity index (χ3v) is 3.39. The van der Waals surface area contributed by atoms with Gasteiger partial charge in [0.2, 0.25) is 5.91 Å². The monoisotopic (exact) mass is 361 g/mol. The van der Waals surface area contributed by atoms with Crippen molar-refractivity contribution in [3.63, 3.8) is 0 Å². The molecule has 11 nitrogen and oxygen atoms in total. The molecule has 0 saturated heterocycles. The van der Waals surface area contributed by atoms with E-state index in [0.29, 0.717) is 5.56 Å². The molecule has 0 aliphatic heterocycles. The molecule has 1 amide bonds. The highest BCUT2D eigenvalue weighted by molar-refractivity contribution is 5.84. The molecule has 0 fully saturated rings. The Morgan fingerprint density at radius 2 is 2.12 bits per heavy atom. The zero-order chi connectivity index (χ0) is 19.3. The first-order valence-electron chi connectivity index (χ1n) is 7.28. The minimum atomic E-state index is -0.657. The number of nitrogens with zero attached hydrogens (tertiary/aromatic N) is 2. The summed E-state index contributed by atoms with van der Waals surface area (Å²) in [6, 6.07) is 4.17. The van der Waals surface area contributed by atoms with Crippen molar-refractivity contribution < 1.29 is 14.5 Å². The van der Waals surface area contributed by atoms with Gasteiger partial charge in [-0.15, -0.1) is 0 Å². The van der Waals surface area contributed by atoms with Crippen molar-refractivity contribution in [3.05, 3.63) is 66.0 Å². The predicted octanol–water partition coefficient (Wildman–Crippen LogP) is -0.0188. The molecule has 0 unspecified atom stereocenters. The van der Waals surface area contributed by atoms with E-state index in [-0.39, 0.29) is 29.1 Å². The van der Waals surface area contributed by atoms with Crippen LogP contribution in [-0.2, 0) is 11.2 Å². The second kappa shape index (κ2) is 7.88. The Kier molecular flexibility index (Phi) is 5.63. The molecule has 0 radical (unpaired) electrons. The van der Waals surface area contributed by atoms with Crippen LogP contribution in [0.25, 0.3) is 0 Å². The first-order valence-corrected chi connectivity index (χ1v) is 7.28. The summed E-state index contributed by atoms with van der Waals surface area (Å²) in [5.74, 6) is -0.492. The highest BCUT2D eigenvalue weighted by Crippen LogP contribution is 2.26. The van der Waals surface area contributed by atoms with Crippen molar-refractivity contribution in [3.8, 4) is 5.75 Å². The standard InChI is InChI=1S/C15H15N5O6/c1-8-10(14(22)18-15(23)17-8)6-13(21)19-16-7-9-3-4-12(26-2)11(5-9)20(24)25/h3-5,7H,6H2,1-2H3,(H,19,21)(H2,17,18,22,23)/b16-7-. The molecule has 2 aromatic rings. The molecule has 0 aliphatic carbocycles. The van der Waals surface area contributed by atoms with Gasteiger partial charge in [0.25, 0.3) is 5.56 Å². The molecule has 136 valence electrons. The summed E-state index contributed by atoms with van der Waals surface area (Å²) < 4.78 is 4.89. The molecule has 2 rings (SSSR count). The average Bonchev–Trinajstić information content (AvgIpc) is 2.58. The summed E-state index contributed by atoms with van der Waals surface area (Å²) in [5.41, 5.74) is 1.42. The van der Waals surface area contributed by atoms with E-state index in [4.69, 9.17) is 4.74 Å².